The first-order valence-electron chi connectivity index (χ1n) is 12.8. The maximum atomic E-state index is 13.4. The molecule has 3 amide bonds. The van der Waals surface area contributed by atoms with Gasteiger partial charge >= 0.3 is 6.09 Å². The molecule has 5 atom stereocenters. The summed E-state index contributed by atoms with van der Waals surface area (Å²) in [7, 11) is 0. The van der Waals surface area contributed by atoms with E-state index >= 15 is 0 Å². The number of carbonyl (C=O) groups excluding carboxylic acids is 3. The smallest absolute Gasteiger partial charge is 0.410 e. The maximum Gasteiger partial charge on any atom is 0.410 e. The van der Waals surface area contributed by atoms with Crippen LogP contribution in [0.5, 0.6) is 0 Å². The summed E-state index contributed by atoms with van der Waals surface area (Å²) < 4.78 is 4.47. The summed E-state index contributed by atoms with van der Waals surface area (Å²) >= 11 is 3.69. The standard InChI is InChI=1S/C25H40BrN5O4/c1-16-18-13-17(24(18,5)6)14-19(16)28-25(26)7-8-27-31(21(25)33)15-20(32)29-9-11-30(12-10-29)22(34)35-23(2,3)4/h8,16-19,28H,7,9-15H2,1-6H3/t16-,17+,18-,19-,25?/m1/s1. The highest BCUT2D eigenvalue weighted by atomic mass is 79.9. The van der Waals surface area contributed by atoms with Crippen LogP contribution >= 0.6 is 15.9 Å². The number of rotatable bonds is 4. The number of hydrogen-bond donors (Lipinski definition) is 1. The zero-order chi connectivity index (χ0) is 25.8. The van der Waals surface area contributed by atoms with Crippen molar-refractivity contribution in [2.24, 2.45) is 28.3 Å². The lowest BCUT2D eigenvalue weighted by molar-refractivity contribution is -0.145. The molecule has 5 aliphatic rings. The monoisotopic (exact) mass is 553 g/mol. The summed E-state index contributed by atoms with van der Waals surface area (Å²) in [6.07, 6.45) is 4.11. The number of nitrogens with one attached hydrogen (secondary N) is 1. The van der Waals surface area contributed by atoms with Crippen molar-refractivity contribution in [1.29, 1.82) is 0 Å². The van der Waals surface area contributed by atoms with E-state index in [1.54, 1.807) is 16.0 Å². The Balaban J connectivity index is 1.31. The highest BCUT2D eigenvalue weighted by Crippen LogP contribution is 2.61. The van der Waals surface area contributed by atoms with Crippen molar-refractivity contribution in [3.63, 3.8) is 0 Å². The number of nitrogens with zero attached hydrogens (tertiary/aromatic N) is 4. The second kappa shape index (κ2) is 9.32. The number of fused-ring (bicyclic) bond motifs is 2. The van der Waals surface area contributed by atoms with Gasteiger partial charge in [0, 0.05) is 44.9 Å². The molecule has 0 aromatic carbocycles. The van der Waals surface area contributed by atoms with Crippen LogP contribution in [0.15, 0.2) is 5.10 Å². The van der Waals surface area contributed by atoms with Crippen LogP contribution in [0.4, 0.5) is 4.79 Å². The number of hydrogen-bond acceptors (Lipinski definition) is 6. The summed E-state index contributed by atoms with van der Waals surface area (Å²) in [6, 6.07) is 0.250. The van der Waals surface area contributed by atoms with Gasteiger partial charge in [-0.2, -0.15) is 5.10 Å². The predicted molar refractivity (Wildman–Crippen MR) is 137 cm³/mol. The van der Waals surface area contributed by atoms with E-state index in [9.17, 15) is 14.4 Å². The molecule has 4 fully saturated rings. The number of carbonyl (C=O) groups is 3. The van der Waals surface area contributed by atoms with Crippen LogP contribution in [0.3, 0.4) is 0 Å². The Hall–Kier alpha value is -1.68. The van der Waals surface area contributed by atoms with Gasteiger partial charge in [0.25, 0.3) is 5.91 Å². The first-order chi connectivity index (χ1) is 16.2. The van der Waals surface area contributed by atoms with Gasteiger partial charge in [-0.15, -0.1) is 0 Å². The van der Waals surface area contributed by atoms with Crippen molar-refractivity contribution in [3.8, 4) is 0 Å². The fourth-order valence-corrected chi connectivity index (χ4v) is 6.81. The van der Waals surface area contributed by atoms with Gasteiger partial charge in [-0.25, -0.2) is 9.80 Å². The number of alkyl halides is 1. The Kier molecular flexibility index (Phi) is 7.03. The van der Waals surface area contributed by atoms with Gasteiger partial charge in [0.2, 0.25) is 5.91 Å². The van der Waals surface area contributed by atoms with Crippen molar-refractivity contribution in [2.75, 3.05) is 32.7 Å². The molecule has 2 heterocycles. The average Bonchev–Trinajstić information content (AvgIpc) is 2.77. The Morgan fingerprint density at radius 3 is 2.37 bits per heavy atom. The van der Waals surface area contributed by atoms with Crippen molar-refractivity contribution < 1.29 is 19.1 Å². The number of halogens is 1. The fraction of sp³-hybridized carbons (Fsp3) is 0.840. The van der Waals surface area contributed by atoms with Crippen LogP contribution in [-0.4, -0.2) is 87.7 Å². The molecular weight excluding hydrogens is 514 g/mol. The number of piperazine rings is 1. The molecule has 1 saturated heterocycles. The van der Waals surface area contributed by atoms with Crippen molar-refractivity contribution in [3.05, 3.63) is 0 Å². The van der Waals surface area contributed by atoms with Crippen LogP contribution in [0.2, 0.25) is 0 Å². The predicted octanol–water partition coefficient (Wildman–Crippen LogP) is 3.04. The molecule has 1 N–H and O–H groups in total. The molecule has 0 aromatic heterocycles. The lowest BCUT2D eigenvalue weighted by atomic mass is 9.44. The number of hydrazone groups is 1. The maximum absolute atomic E-state index is 13.4. The van der Waals surface area contributed by atoms with Crippen LogP contribution < -0.4 is 5.32 Å². The minimum atomic E-state index is -0.947. The minimum Gasteiger partial charge on any atom is -0.444 e. The number of ether oxygens (including phenoxy) is 1. The summed E-state index contributed by atoms with van der Waals surface area (Å²) in [5, 5.41) is 9.11. The Bertz CT molecular complexity index is 895. The summed E-state index contributed by atoms with van der Waals surface area (Å²) in [5.41, 5.74) is -0.181. The van der Waals surface area contributed by atoms with Crippen LogP contribution in [0.1, 0.15) is 60.8 Å². The highest BCUT2D eigenvalue weighted by molar-refractivity contribution is 9.10. The molecule has 5 rings (SSSR count). The van der Waals surface area contributed by atoms with E-state index in [2.05, 4.69) is 47.1 Å². The van der Waals surface area contributed by atoms with Gasteiger partial charge in [0.15, 0.2) is 4.45 Å². The zero-order valence-electron chi connectivity index (χ0n) is 21.8. The first kappa shape index (κ1) is 26.4. The molecule has 10 heteroatoms. The van der Waals surface area contributed by atoms with E-state index in [1.165, 1.54) is 11.4 Å². The molecule has 0 radical (unpaired) electrons. The van der Waals surface area contributed by atoms with Gasteiger partial charge in [-0.05, 0) is 56.8 Å². The molecule has 2 bridgehead atoms. The first-order valence-corrected chi connectivity index (χ1v) is 13.6. The molecule has 3 aliphatic carbocycles. The molecule has 0 aromatic rings. The van der Waals surface area contributed by atoms with Crippen molar-refractivity contribution >= 4 is 40.1 Å². The van der Waals surface area contributed by atoms with Gasteiger partial charge in [-0.3, -0.25) is 14.9 Å². The van der Waals surface area contributed by atoms with Gasteiger partial charge in [-0.1, -0.05) is 36.7 Å². The Morgan fingerprint density at radius 2 is 1.80 bits per heavy atom. The molecule has 3 saturated carbocycles. The topological polar surface area (TPSA) is 94.6 Å². The van der Waals surface area contributed by atoms with Crippen molar-refractivity contribution in [1.82, 2.24) is 20.1 Å². The SMILES string of the molecule is C[C@@H]1[C@H]2C[C@@H](C[C@H]1NC1(Br)CC=NN(CC(=O)N3CCN(C(=O)OC(C)(C)C)CC3)C1=O)C2(C)C. The van der Waals surface area contributed by atoms with E-state index in [0.717, 1.165) is 6.42 Å². The van der Waals surface area contributed by atoms with Crippen molar-refractivity contribution in [2.45, 2.75) is 76.9 Å². The quantitative estimate of drug-likeness (QED) is 0.426. The lowest BCUT2D eigenvalue weighted by Gasteiger charge is -2.62. The molecule has 0 spiro atoms. The molecule has 35 heavy (non-hydrogen) atoms. The Labute approximate surface area is 217 Å². The Morgan fingerprint density at radius 1 is 1.17 bits per heavy atom. The molecule has 9 nitrogen and oxygen atoms in total. The normalized spacial score (nSPS) is 34.5. The lowest BCUT2D eigenvalue weighted by Crippen LogP contribution is -2.66. The van der Waals surface area contributed by atoms with E-state index in [-0.39, 0.29) is 30.5 Å². The number of amides is 3. The average molecular weight is 555 g/mol. The largest absolute Gasteiger partial charge is 0.444 e. The fourth-order valence-electron chi connectivity index (χ4n) is 6.17. The molecular formula is C25H40BrN5O4. The summed E-state index contributed by atoms with van der Waals surface area (Å²) in [6.45, 7) is 14.0. The van der Waals surface area contributed by atoms with E-state index in [1.807, 2.05) is 20.8 Å². The minimum absolute atomic E-state index is 0.116. The van der Waals surface area contributed by atoms with E-state index in [4.69, 9.17) is 4.74 Å². The summed E-state index contributed by atoms with van der Waals surface area (Å²) in [4.78, 5) is 42.0. The van der Waals surface area contributed by atoms with Gasteiger partial charge < -0.3 is 14.5 Å². The second-order valence-corrected chi connectivity index (χ2v) is 13.6. The van der Waals surface area contributed by atoms with Crippen LogP contribution in [0, 0.1) is 23.2 Å². The molecule has 1 unspecified atom stereocenters. The molecule has 2 aliphatic heterocycles. The summed E-state index contributed by atoms with van der Waals surface area (Å²) in [5.74, 6) is 1.42. The van der Waals surface area contributed by atoms with Crippen LogP contribution in [0.25, 0.3) is 0 Å². The van der Waals surface area contributed by atoms with E-state index in [0.29, 0.717) is 55.8 Å². The second-order valence-electron chi connectivity index (χ2n) is 12.2. The third-order valence-electron chi connectivity index (χ3n) is 8.50. The van der Waals surface area contributed by atoms with E-state index < -0.39 is 10.0 Å². The van der Waals surface area contributed by atoms with Gasteiger partial charge in [0.05, 0.1) is 0 Å². The molecule has 196 valence electrons. The highest BCUT2D eigenvalue weighted by Gasteiger charge is 2.57. The van der Waals surface area contributed by atoms with Gasteiger partial charge in [0.1, 0.15) is 12.1 Å². The zero-order valence-corrected chi connectivity index (χ0v) is 23.4. The third-order valence-corrected chi connectivity index (χ3v) is 9.40. The van der Waals surface area contributed by atoms with Crippen LogP contribution in [-0.2, 0) is 14.3 Å². The third kappa shape index (κ3) is 5.24.